The van der Waals surface area contributed by atoms with Gasteiger partial charge in [0.15, 0.2) is 0 Å². The Hall–Kier alpha value is -1.33. The number of hydrogen-bond donors (Lipinski definition) is 1. The van der Waals surface area contributed by atoms with Gasteiger partial charge in [-0.25, -0.2) is 4.39 Å². The fourth-order valence-electron chi connectivity index (χ4n) is 2.38. The van der Waals surface area contributed by atoms with Gasteiger partial charge in [0.1, 0.15) is 11.6 Å². The van der Waals surface area contributed by atoms with E-state index < -0.39 is 17.3 Å². The maximum absolute atomic E-state index is 13.8. The predicted molar refractivity (Wildman–Crippen MR) is 73.6 cm³/mol. The molecule has 1 saturated heterocycles. The molecule has 2 rings (SSSR count). The molecule has 4 nitrogen and oxygen atoms in total. The summed E-state index contributed by atoms with van der Waals surface area (Å²) >= 11 is 5.81. The van der Waals surface area contributed by atoms with Crippen molar-refractivity contribution in [1.82, 2.24) is 4.90 Å². The summed E-state index contributed by atoms with van der Waals surface area (Å²) < 4.78 is 19.5. The van der Waals surface area contributed by atoms with Crippen LogP contribution < -0.4 is 0 Å². The third-order valence-corrected chi connectivity index (χ3v) is 3.47. The van der Waals surface area contributed by atoms with Crippen LogP contribution in [0.4, 0.5) is 4.39 Å². The van der Waals surface area contributed by atoms with E-state index in [-0.39, 0.29) is 23.3 Å². The molecule has 0 radical (unpaired) electrons. The largest absolute Gasteiger partial charge is 0.508 e. The number of amides is 1. The summed E-state index contributed by atoms with van der Waals surface area (Å²) in [5.74, 6) is -1.10. The second kappa shape index (κ2) is 5.58. The number of nitrogens with zero attached hydrogens (tertiary/aromatic N) is 1. The van der Waals surface area contributed by atoms with Gasteiger partial charge in [-0.3, -0.25) is 4.79 Å². The lowest BCUT2D eigenvalue weighted by molar-refractivity contribution is -0.117. The molecule has 20 heavy (non-hydrogen) atoms. The number of benzene rings is 1. The molecule has 1 aromatic carbocycles. The van der Waals surface area contributed by atoms with Crippen LogP contribution in [0.5, 0.6) is 5.75 Å². The van der Waals surface area contributed by atoms with Crippen molar-refractivity contribution in [3.63, 3.8) is 0 Å². The van der Waals surface area contributed by atoms with E-state index in [2.05, 4.69) is 0 Å². The van der Waals surface area contributed by atoms with E-state index in [1.165, 1.54) is 17.0 Å². The van der Waals surface area contributed by atoms with Crippen molar-refractivity contribution in [2.45, 2.75) is 25.6 Å². The molecule has 1 aromatic rings. The van der Waals surface area contributed by atoms with Crippen LogP contribution in [-0.2, 0) is 4.74 Å². The van der Waals surface area contributed by atoms with Gasteiger partial charge < -0.3 is 14.7 Å². The van der Waals surface area contributed by atoms with Crippen molar-refractivity contribution < 1.29 is 19.0 Å². The van der Waals surface area contributed by atoms with Crippen LogP contribution in [0.1, 0.15) is 24.2 Å². The molecule has 0 saturated carbocycles. The summed E-state index contributed by atoms with van der Waals surface area (Å²) in [4.78, 5) is 13.9. The highest BCUT2D eigenvalue weighted by molar-refractivity contribution is 6.18. The zero-order valence-electron chi connectivity index (χ0n) is 11.4. The zero-order chi connectivity index (χ0) is 14.9. The molecule has 110 valence electrons. The van der Waals surface area contributed by atoms with Gasteiger partial charge in [0.05, 0.1) is 23.1 Å². The minimum absolute atomic E-state index is 0.0613. The quantitative estimate of drug-likeness (QED) is 0.853. The van der Waals surface area contributed by atoms with Gasteiger partial charge in [0.25, 0.3) is 5.91 Å². The summed E-state index contributed by atoms with van der Waals surface area (Å²) in [6.07, 6.45) is -0.274. The molecular weight excluding hydrogens is 285 g/mol. The third-order valence-electron chi connectivity index (χ3n) is 3.12. The molecule has 6 heteroatoms. The second-order valence-corrected chi connectivity index (χ2v) is 5.81. The number of rotatable bonds is 2. The van der Waals surface area contributed by atoms with Crippen LogP contribution in [0.2, 0.25) is 0 Å². The number of alkyl halides is 1. The number of ether oxygens (including phenoxy) is 1. The molecule has 1 N–H and O–H groups in total. The molecule has 1 atom stereocenters. The zero-order valence-corrected chi connectivity index (χ0v) is 12.2. The van der Waals surface area contributed by atoms with Gasteiger partial charge in [0.2, 0.25) is 0 Å². The normalized spacial score (nSPS) is 21.8. The fraction of sp³-hybridized carbons (Fsp3) is 0.500. The highest BCUT2D eigenvalue weighted by atomic mass is 35.5. The minimum atomic E-state index is -0.735. The molecule has 0 bridgehead atoms. The molecule has 1 fully saturated rings. The molecule has 0 aliphatic carbocycles. The lowest BCUT2D eigenvalue weighted by Crippen LogP contribution is -2.55. The first-order chi connectivity index (χ1) is 9.32. The minimum Gasteiger partial charge on any atom is -0.508 e. The standard InChI is InChI=1S/C14H17ClFNO3/c1-14(2)8-17(7-10(6-15)20-14)13(19)11-4-3-9(18)5-12(11)16/h3-5,10,18H,6-8H2,1-2H3. The van der Waals surface area contributed by atoms with Gasteiger partial charge in [-0.05, 0) is 26.0 Å². The van der Waals surface area contributed by atoms with E-state index in [1.807, 2.05) is 13.8 Å². The first-order valence-electron chi connectivity index (χ1n) is 6.34. The maximum atomic E-state index is 13.8. The van der Waals surface area contributed by atoms with E-state index in [9.17, 15) is 14.3 Å². The highest BCUT2D eigenvalue weighted by Gasteiger charge is 2.36. The van der Waals surface area contributed by atoms with Crippen molar-refractivity contribution in [3.05, 3.63) is 29.6 Å². The van der Waals surface area contributed by atoms with Crippen molar-refractivity contribution in [2.75, 3.05) is 19.0 Å². The number of phenols is 1. The molecular formula is C14H17ClFNO3. The van der Waals surface area contributed by atoms with Gasteiger partial charge in [-0.15, -0.1) is 11.6 Å². The van der Waals surface area contributed by atoms with Gasteiger partial charge in [0, 0.05) is 19.2 Å². The topological polar surface area (TPSA) is 49.8 Å². The van der Waals surface area contributed by atoms with Crippen molar-refractivity contribution in [3.8, 4) is 5.75 Å². The van der Waals surface area contributed by atoms with E-state index in [1.54, 1.807) is 0 Å². The van der Waals surface area contributed by atoms with E-state index in [0.717, 1.165) is 6.07 Å². The van der Waals surface area contributed by atoms with E-state index in [4.69, 9.17) is 16.3 Å². The molecule has 1 amide bonds. The Labute approximate surface area is 122 Å². The molecule has 1 aliphatic heterocycles. The molecule has 1 heterocycles. The number of halogens is 2. The SMILES string of the molecule is CC1(C)CN(C(=O)c2ccc(O)cc2F)CC(CCl)O1. The van der Waals surface area contributed by atoms with Crippen LogP contribution in [0.25, 0.3) is 0 Å². The maximum Gasteiger partial charge on any atom is 0.257 e. The Morgan fingerprint density at radius 2 is 2.30 bits per heavy atom. The summed E-state index contributed by atoms with van der Waals surface area (Å²) in [5, 5.41) is 9.19. The monoisotopic (exact) mass is 301 g/mol. The van der Waals surface area contributed by atoms with Crippen molar-refractivity contribution in [2.24, 2.45) is 0 Å². The number of morpholine rings is 1. The third kappa shape index (κ3) is 3.22. The number of carbonyl (C=O) groups is 1. The average Bonchev–Trinajstić information content (AvgIpc) is 2.36. The number of hydrogen-bond acceptors (Lipinski definition) is 3. The number of phenolic OH excluding ortho intramolecular Hbond substituents is 1. The first-order valence-corrected chi connectivity index (χ1v) is 6.87. The second-order valence-electron chi connectivity index (χ2n) is 5.50. The summed E-state index contributed by atoms with van der Waals surface area (Å²) in [6.45, 7) is 4.41. The average molecular weight is 302 g/mol. The van der Waals surface area contributed by atoms with Crippen LogP contribution >= 0.6 is 11.6 Å². The van der Waals surface area contributed by atoms with Crippen LogP contribution in [0.3, 0.4) is 0 Å². The Morgan fingerprint density at radius 3 is 2.90 bits per heavy atom. The predicted octanol–water partition coefficient (Wildman–Crippen LogP) is 2.39. The van der Waals surface area contributed by atoms with Crippen LogP contribution in [-0.4, -0.2) is 46.6 Å². The Kier molecular flexibility index (Phi) is 4.20. The molecule has 1 aliphatic rings. The van der Waals surface area contributed by atoms with Crippen molar-refractivity contribution in [1.29, 1.82) is 0 Å². The Bertz CT molecular complexity index is 521. The van der Waals surface area contributed by atoms with Gasteiger partial charge in [-0.2, -0.15) is 0 Å². The summed E-state index contributed by atoms with van der Waals surface area (Å²) in [5.41, 5.74) is -0.588. The number of carbonyl (C=O) groups excluding carboxylic acids is 1. The molecule has 0 aromatic heterocycles. The van der Waals surface area contributed by atoms with Gasteiger partial charge >= 0.3 is 0 Å². The summed E-state index contributed by atoms with van der Waals surface area (Å²) in [7, 11) is 0. The first kappa shape index (κ1) is 15.1. The van der Waals surface area contributed by atoms with Crippen LogP contribution in [0, 0.1) is 5.82 Å². The lowest BCUT2D eigenvalue weighted by Gasteiger charge is -2.42. The Balaban J connectivity index is 2.23. The molecule has 1 unspecified atom stereocenters. The summed E-state index contributed by atoms with van der Waals surface area (Å²) in [6, 6.07) is 3.50. The Morgan fingerprint density at radius 1 is 1.60 bits per heavy atom. The van der Waals surface area contributed by atoms with Gasteiger partial charge in [-0.1, -0.05) is 0 Å². The fourth-order valence-corrected chi connectivity index (χ4v) is 2.54. The van der Waals surface area contributed by atoms with E-state index in [0.29, 0.717) is 13.1 Å². The van der Waals surface area contributed by atoms with Crippen molar-refractivity contribution >= 4 is 17.5 Å². The number of aromatic hydroxyl groups is 1. The van der Waals surface area contributed by atoms with Crippen LogP contribution in [0.15, 0.2) is 18.2 Å². The molecule has 0 spiro atoms. The smallest absolute Gasteiger partial charge is 0.257 e. The lowest BCUT2D eigenvalue weighted by atomic mass is 10.0. The van der Waals surface area contributed by atoms with E-state index >= 15 is 0 Å². The highest BCUT2D eigenvalue weighted by Crippen LogP contribution is 2.24.